The van der Waals surface area contributed by atoms with Gasteiger partial charge in [-0.1, -0.05) is 31.4 Å². The summed E-state index contributed by atoms with van der Waals surface area (Å²) in [6, 6.07) is 10.4. The molecule has 0 spiro atoms. The van der Waals surface area contributed by atoms with Crippen molar-refractivity contribution < 1.29 is 9.59 Å². The highest BCUT2D eigenvalue weighted by Gasteiger charge is 2.16. The van der Waals surface area contributed by atoms with Crippen LogP contribution in [0.4, 0.5) is 0 Å². The zero-order valence-electron chi connectivity index (χ0n) is 18.7. The van der Waals surface area contributed by atoms with Crippen molar-refractivity contribution in [1.29, 1.82) is 0 Å². The first-order valence-corrected chi connectivity index (χ1v) is 11.6. The molecule has 0 unspecified atom stereocenters. The van der Waals surface area contributed by atoms with Crippen molar-refractivity contribution in [2.75, 3.05) is 0 Å². The molecule has 4 aromatic heterocycles. The molecule has 0 bridgehead atoms. The minimum atomic E-state index is -0.444. The van der Waals surface area contributed by atoms with Crippen molar-refractivity contribution in [3.63, 3.8) is 0 Å². The van der Waals surface area contributed by atoms with Crippen molar-refractivity contribution in [3.05, 3.63) is 82.3 Å². The Hall–Kier alpha value is -4.01. The van der Waals surface area contributed by atoms with E-state index in [1.165, 1.54) is 29.7 Å². The van der Waals surface area contributed by atoms with Gasteiger partial charge in [-0.15, -0.1) is 0 Å². The number of hydrogen-bond acceptors (Lipinski definition) is 5. The standard InChI is InChI=1S/C25H26N6O3/c32-23(28-18-6-2-1-3-7-18)12-17-9-10-21-27-19(16-30(21)15-17)14-26-25(34)20-13-24(33)31-11-5-4-8-22(31)29-20/h4-5,8-11,13,15-16,18H,1-3,6-7,12,14H2,(H,26,34)(H,28,32). The molecule has 9 nitrogen and oxygen atoms in total. The van der Waals surface area contributed by atoms with E-state index in [-0.39, 0.29) is 23.7 Å². The molecule has 0 aromatic carbocycles. The van der Waals surface area contributed by atoms with Crippen LogP contribution in [0.15, 0.2) is 59.8 Å². The smallest absolute Gasteiger partial charge is 0.270 e. The van der Waals surface area contributed by atoms with E-state index >= 15 is 0 Å². The zero-order valence-corrected chi connectivity index (χ0v) is 18.7. The number of amides is 2. The molecule has 4 aromatic rings. The summed E-state index contributed by atoms with van der Waals surface area (Å²) < 4.78 is 3.23. The number of hydrogen-bond donors (Lipinski definition) is 2. The first kappa shape index (κ1) is 21.8. The molecule has 9 heteroatoms. The number of fused-ring (bicyclic) bond motifs is 2. The maximum atomic E-state index is 12.6. The predicted molar refractivity (Wildman–Crippen MR) is 127 cm³/mol. The van der Waals surface area contributed by atoms with Gasteiger partial charge >= 0.3 is 0 Å². The highest BCUT2D eigenvalue weighted by Crippen LogP contribution is 2.17. The van der Waals surface area contributed by atoms with Gasteiger partial charge in [0.15, 0.2) is 0 Å². The van der Waals surface area contributed by atoms with E-state index in [1.807, 2.05) is 28.9 Å². The van der Waals surface area contributed by atoms with Crippen LogP contribution in [0, 0.1) is 0 Å². The minimum Gasteiger partial charge on any atom is -0.353 e. The molecule has 0 atom stereocenters. The molecule has 5 rings (SSSR count). The van der Waals surface area contributed by atoms with Crippen LogP contribution in [0.1, 0.15) is 53.8 Å². The third-order valence-corrected chi connectivity index (χ3v) is 6.13. The first-order valence-electron chi connectivity index (χ1n) is 11.6. The van der Waals surface area contributed by atoms with E-state index in [0.29, 0.717) is 23.8 Å². The fourth-order valence-corrected chi connectivity index (χ4v) is 4.42. The fourth-order valence-electron chi connectivity index (χ4n) is 4.42. The van der Waals surface area contributed by atoms with Gasteiger partial charge in [0.05, 0.1) is 18.7 Å². The molecule has 1 saturated carbocycles. The summed E-state index contributed by atoms with van der Waals surface area (Å²) in [6.07, 6.45) is 11.4. The highest BCUT2D eigenvalue weighted by atomic mass is 16.2. The van der Waals surface area contributed by atoms with E-state index < -0.39 is 5.91 Å². The van der Waals surface area contributed by atoms with Crippen LogP contribution in [0.25, 0.3) is 11.3 Å². The largest absolute Gasteiger partial charge is 0.353 e. The average molecular weight is 459 g/mol. The molecular formula is C25H26N6O3. The van der Waals surface area contributed by atoms with Gasteiger partial charge in [0, 0.05) is 30.7 Å². The Morgan fingerprint density at radius 3 is 2.71 bits per heavy atom. The van der Waals surface area contributed by atoms with Gasteiger partial charge in [-0.3, -0.25) is 18.8 Å². The Morgan fingerprint density at radius 1 is 1.00 bits per heavy atom. The van der Waals surface area contributed by atoms with Gasteiger partial charge in [-0.2, -0.15) is 0 Å². The van der Waals surface area contributed by atoms with Crippen molar-refractivity contribution in [1.82, 2.24) is 29.4 Å². The number of nitrogens with zero attached hydrogens (tertiary/aromatic N) is 4. The van der Waals surface area contributed by atoms with Crippen LogP contribution in [-0.2, 0) is 17.8 Å². The van der Waals surface area contributed by atoms with E-state index in [0.717, 1.165) is 24.1 Å². The Labute approximate surface area is 195 Å². The molecule has 2 amide bonds. The van der Waals surface area contributed by atoms with Crippen molar-refractivity contribution >= 4 is 23.1 Å². The van der Waals surface area contributed by atoms with Crippen molar-refractivity contribution in [2.45, 2.75) is 51.1 Å². The Balaban J connectivity index is 1.23. The third-order valence-electron chi connectivity index (χ3n) is 6.13. The molecule has 2 N–H and O–H groups in total. The fraction of sp³-hybridized carbons (Fsp3) is 0.320. The van der Waals surface area contributed by atoms with E-state index in [9.17, 15) is 14.4 Å². The second-order valence-electron chi connectivity index (χ2n) is 8.71. The maximum absolute atomic E-state index is 12.6. The first-order chi connectivity index (χ1) is 16.5. The lowest BCUT2D eigenvalue weighted by Gasteiger charge is -2.22. The average Bonchev–Trinajstić information content (AvgIpc) is 3.25. The van der Waals surface area contributed by atoms with Gasteiger partial charge in [0.1, 0.15) is 17.0 Å². The van der Waals surface area contributed by atoms with Gasteiger partial charge in [-0.05, 0) is 36.6 Å². The monoisotopic (exact) mass is 458 g/mol. The van der Waals surface area contributed by atoms with Crippen LogP contribution in [0.5, 0.6) is 0 Å². The normalized spacial score (nSPS) is 14.4. The van der Waals surface area contributed by atoms with E-state index in [4.69, 9.17) is 0 Å². The molecule has 0 saturated heterocycles. The molecule has 34 heavy (non-hydrogen) atoms. The second kappa shape index (κ2) is 9.46. The summed E-state index contributed by atoms with van der Waals surface area (Å²) in [5, 5.41) is 5.91. The molecule has 0 aliphatic heterocycles. The number of rotatable bonds is 6. The summed E-state index contributed by atoms with van der Waals surface area (Å²) in [5.74, 6) is -0.404. The lowest BCUT2D eigenvalue weighted by Crippen LogP contribution is -2.37. The van der Waals surface area contributed by atoms with Crippen LogP contribution in [0.3, 0.4) is 0 Å². The van der Waals surface area contributed by atoms with Gasteiger partial charge in [0.2, 0.25) is 5.91 Å². The maximum Gasteiger partial charge on any atom is 0.270 e. The lowest BCUT2D eigenvalue weighted by molar-refractivity contribution is -0.121. The molecule has 1 aliphatic rings. The third kappa shape index (κ3) is 4.83. The van der Waals surface area contributed by atoms with Crippen LogP contribution < -0.4 is 16.2 Å². The Morgan fingerprint density at radius 2 is 1.85 bits per heavy atom. The number of carbonyl (C=O) groups excluding carboxylic acids is 2. The van der Waals surface area contributed by atoms with Gasteiger partial charge in [0.25, 0.3) is 11.5 Å². The molecule has 4 heterocycles. The lowest BCUT2D eigenvalue weighted by atomic mass is 9.95. The quantitative estimate of drug-likeness (QED) is 0.461. The highest BCUT2D eigenvalue weighted by molar-refractivity contribution is 5.92. The summed E-state index contributed by atoms with van der Waals surface area (Å²) >= 11 is 0. The zero-order chi connectivity index (χ0) is 23.5. The SMILES string of the molecule is O=C(Cc1ccc2nc(CNC(=O)c3cc(=O)n4ccccc4n3)cn2c1)NC1CCCCC1. The Kier molecular flexibility index (Phi) is 6.07. The van der Waals surface area contributed by atoms with Crippen LogP contribution >= 0.6 is 0 Å². The van der Waals surface area contributed by atoms with Crippen molar-refractivity contribution in [2.24, 2.45) is 0 Å². The van der Waals surface area contributed by atoms with Crippen LogP contribution in [-0.4, -0.2) is 36.6 Å². The second-order valence-corrected chi connectivity index (χ2v) is 8.71. The summed E-state index contributed by atoms with van der Waals surface area (Å²) in [5.41, 5.74) is 2.44. The van der Waals surface area contributed by atoms with Crippen LogP contribution in [0.2, 0.25) is 0 Å². The summed E-state index contributed by atoms with van der Waals surface area (Å²) in [6.45, 7) is 0.188. The summed E-state index contributed by atoms with van der Waals surface area (Å²) in [4.78, 5) is 46.0. The van der Waals surface area contributed by atoms with Crippen molar-refractivity contribution in [3.8, 4) is 0 Å². The van der Waals surface area contributed by atoms with E-state index in [2.05, 4.69) is 20.6 Å². The number of imidazole rings is 1. The van der Waals surface area contributed by atoms with Gasteiger partial charge in [-0.25, -0.2) is 9.97 Å². The molecule has 0 radical (unpaired) electrons. The number of pyridine rings is 2. The minimum absolute atomic E-state index is 0.0395. The Bertz CT molecular complexity index is 1420. The molecule has 174 valence electrons. The number of aromatic nitrogens is 4. The molecule has 1 aliphatic carbocycles. The van der Waals surface area contributed by atoms with E-state index in [1.54, 1.807) is 24.4 Å². The number of nitrogens with one attached hydrogen (secondary N) is 2. The summed E-state index contributed by atoms with van der Waals surface area (Å²) in [7, 11) is 0. The molecule has 1 fully saturated rings. The molecular weight excluding hydrogens is 432 g/mol. The van der Waals surface area contributed by atoms with Gasteiger partial charge < -0.3 is 15.0 Å². The number of carbonyl (C=O) groups is 2. The topological polar surface area (TPSA) is 110 Å². The predicted octanol–water partition coefficient (Wildman–Crippen LogP) is 2.26.